The number of anilines is 1. The van der Waals surface area contributed by atoms with Crippen molar-refractivity contribution in [3.63, 3.8) is 0 Å². The molecule has 1 aromatic carbocycles. The van der Waals surface area contributed by atoms with Gasteiger partial charge in [-0.05, 0) is 44.5 Å². The van der Waals surface area contributed by atoms with Crippen LogP contribution in [0.15, 0.2) is 34.8 Å². The smallest absolute Gasteiger partial charge is 0.255 e. The first-order chi connectivity index (χ1) is 17.0. The Morgan fingerprint density at radius 3 is 2.30 bits per heavy atom. The zero-order valence-corrected chi connectivity index (χ0v) is 21.2. The second-order valence-electron chi connectivity index (χ2n) is 11.2. The summed E-state index contributed by atoms with van der Waals surface area (Å²) in [5.41, 5.74) is 1.05. The average molecular weight is 514 g/mol. The van der Waals surface area contributed by atoms with Gasteiger partial charge in [0.1, 0.15) is 17.1 Å². The van der Waals surface area contributed by atoms with Gasteiger partial charge in [0, 0.05) is 16.9 Å². The molecule has 7 N–H and O–H groups in total. The van der Waals surface area contributed by atoms with Crippen LogP contribution >= 0.6 is 0 Å². The highest BCUT2D eigenvalue weighted by atomic mass is 16.3. The predicted octanol–water partition coefficient (Wildman–Crippen LogP) is 1.11. The third-order valence-electron chi connectivity index (χ3n) is 7.52. The summed E-state index contributed by atoms with van der Waals surface area (Å²) in [6.07, 6.45) is 0.185. The number of rotatable bonds is 3. The van der Waals surface area contributed by atoms with Crippen LogP contribution in [-0.2, 0) is 20.8 Å². The number of nitrogens with zero attached hydrogens (tertiary/aromatic N) is 1. The van der Waals surface area contributed by atoms with Gasteiger partial charge in [-0.3, -0.25) is 24.1 Å². The van der Waals surface area contributed by atoms with Crippen LogP contribution in [0.4, 0.5) is 5.69 Å². The first kappa shape index (κ1) is 26.4. The Morgan fingerprint density at radius 2 is 1.76 bits per heavy atom. The Labute approximate surface area is 213 Å². The normalized spacial score (nSPS) is 27.6. The molecule has 2 amide bonds. The van der Waals surface area contributed by atoms with Gasteiger partial charge in [-0.2, -0.15) is 0 Å². The predicted molar refractivity (Wildman–Crippen MR) is 132 cm³/mol. The lowest BCUT2D eigenvalue weighted by molar-refractivity contribution is -0.148. The number of aromatic hydroxyl groups is 1. The van der Waals surface area contributed by atoms with E-state index in [0.29, 0.717) is 5.56 Å². The van der Waals surface area contributed by atoms with Gasteiger partial charge in [-0.25, -0.2) is 0 Å². The zero-order chi connectivity index (χ0) is 27.8. The van der Waals surface area contributed by atoms with Crippen molar-refractivity contribution in [1.29, 1.82) is 0 Å². The lowest BCUT2D eigenvalue weighted by Crippen LogP contribution is -2.63. The number of benzene rings is 1. The largest absolute Gasteiger partial charge is 0.510 e. The van der Waals surface area contributed by atoms with Crippen LogP contribution in [0.25, 0.3) is 0 Å². The fourth-order valence-electron chi connectivity index (χ4n) is 5.64. The molecule has 0 heterocycles. The molecule has 0 bridgehead atoms. The number of hydrogen-bond donors (Lipinski definition) is 6. The number of ketones is 2. The number of nitrogens with two attached hydrogens (primary N) is 1. The molecule has 1 aromatic rings. The maximum atomic E-state index is 13.7. The highest BCUT2D eigenvalue weighted by Gasteiger charge is 2.63. The molecule has 0 aromatic heterocycles. The topological polar surface area (TPSA) is 190 Å². The third kappa shape index (κ3) is 3.72. The van der Waals surface area contributed by atoms with Gasteiger partial charge >= 0.3 is 0 Å². The number of likely N-dealkylation sites (N-methyl/N-ethyl adjacent to an activating group) is 1. The van der Waals surface area contributed by atoms with Gasteiger partial charge in [-0.1, -0.05) is 26.8 Å². The van der Waals surface area contributed by atoms with E-state index in [1.807, 2.05) is 0 Å². The van der Waals surface area contributed by atoms with Crippen molar-refractivity contribution in [1.82, 2.24) is 4.90 Å². The quantitative estimate of drug-likeness (QED) is 0.254. The molecule has 37 heavy (non-hydrogen) atoms. The van der Waals surface area contributed by atoms with Crippen molar-refractivity contribution in [3.8, 4) is 5.75 Å². The molecule has 4 atom stereocenters. The van der Waals surface area contributed by atoms with Crippen LogP contribution in [0.1, 0.15) is 43.1 Å². The number of carbonyl (C=O) groups is 4. The van der Waals surface area contributed by atoms with Crippen LogP contribution < -0.4 is 11.1 Å². The zero-order valence-electron chi connectivity index (χ0n) is 21.2. The van der Waals surface area contributed by atoms with Crippen molar-refractivity contribution in [2.45, 2.75) is 45.3 Å². The number of Topliss-reactive ketones (excluding diaryl/α,β-unsaturated/α-hetero) is 2. The number of aliphatic hydroxyl groups excluding tert-OH is 2. The van der Waals surface area contributed by atoms with E-state index >= 15 is 0 Å². The molecule has 3 aliphatic rings. The molecule has 0 spiro atoms. The summed E-state index contributed by atoms with van der Waals surface area (Å²) in [5.74, 6) is -7.56. The SMILES string of the molecule is CN(C)[C@H]1C(O)=C(C(N)=O)C(=O)[C@@]2(O)C(O)=C3C(=O)c4c(ccc(NC(=O)C(C)(C)C)c4O)C[C@H]3C[C@@H]12. The number of primary amides is 1. The molecule has 0 saturated heterocycles. The fourth-order valence-corrected chi connectivity index (χ4v) is 5.64. The third-order valence-corrected chi connectivity index (χ3v) is 7.52. The van der Waals surface area contributed by atoms with E-state index in [4.69, 9.17) is 5.73 Å². The number of phenols is 1. The Hall–Kier alpha value is -3.70. The second kappa shape index (κ2) is 8.42. The van der Waals surface area contributed by atoms with Crippen molar-refractivity contribution in [2.75, 3.05) is 19.4 Å². The van der Waals surface area contributed by atoms with E-state index in [2.05, 4.69) is 5.32 Å². The van der Waals surface area contributed by atoms with Crippen molar-refractivity contribution in [2.24, 2.45) is 23.0 Å². The molecule has 198 valence electrons. The van der Waals surface area contributed by atoms with Crippen LogP contribution in [-0.4, -0.2) is 74.4 Å². The number of nitrogens with one attached hydrogen (secondary N) is 1. The van der Waals surface area contributed by atoms with Gasteiger partial charge in [0.25, 0.3) is 5.91 Å². The minimum atomic E-state index is -2.70. The highest BCUT2D eigenvalue weighted by Crippen LogP contribution is 2.52. The molecule has 0 aliphatic heterocycles. The monoisotopic (exact) mass is 513 g/mol. The number of amides is 2. The number of allylic oxidation sites excluding steroid dienone is 1. The number of aliphatic hydroxyl groups is 3. The summed E-state index contributed by atoms with van der Waals surface area (Å²) in [6, 6.07) is 2.03. The Kier molecular flexibility index (Phi) is 6.00. The van der Waals surface area contributed by atoms with Crippen molar-refractivity contribution < 1.29 is 39.6 Å². The van der Waals surface area contributed by atoms with E-state index in [0.717, 1.165) is 0 Å². The number of carbonyl (C=O) groups excluding carboxylic acids is 4. The molecule has 11 nitrogen and oxygen atoms in total. The summed E-state index contributed by atoms with van der Waals surface area (Å²) in [7, 11) is 3.14. The second-order valence-corrected chi connectivity index (χ2v) is 11.2. The molecular weight excluding hydrogens is 482 g/mol. The van der Waals surface area contributed by atoms with E-state index in [1.54, 1.807) is 40.9 Å². The highest BCUT2D eigenvalue weighted by molar-refractivity contribution is 6.25. The van der Waals surface area contributed by atoms with Crippen LogP contribution in [0.5, 0.6) is 5.75 Å². The number of phenolic OH excluding ortho intramolecular Hbond substituents is 1. The molecule has 11 heteroatoms. The minimum Gasteiger partial charge on any atom is -0.510 e. The van der Waals surface area contributed by atoms with Gasteiger partial charge in [0.15, 0.2) is 17.1 Å². The van der Waals surface area contributed by atoms with Crippen LogP contribution in [0, 0.1) is 17.3 Å². The lowest BCUT2D eigenvalue weighted by Gasteiger charge is -2.50. The van der Waals surface area contributed by atoms with E-state index in [9.17, 15) is 39.6 Å². The van der Waals surface area contributed by atoms with Crippen LogP contribution in [0.3, 0.4) is 0 Å². The molecule has 3 aliphatic carbocycles. The molecule has 0 unspecified atom stereocenters. The Balaban J connectivity index is 1.87. The van der Waals surface area contributed by atoms with Gasteiger partial charge < -0.3 is 31.5 Å². The van der Waals surface area contributed by atoms with Crippen LogP contribution in [0.2, 0.25) is 0 Å². The van der Waals surface area contributed by atoms with E-state index < -0.39 is 75.1 Å². The standard InChI is InChI=1S/C26H31N3O8/c1-25(2,3)24(36)28-13-7-6-10-8-11-9-12-17(29(4)5)20(32)16(23(27)35)22(34)26(12,37)21(33)15(11)19(31)14(10)18(13)30/h6-7,11-12,17,30,32-33,37H,8-9H2,1-5H3,(H2,27,35)(H,28,36)/t11-,12-,17+,26-/m0/s1. The Morgan fingerprint density at radius 1 is 1.14 bits per heavy atom. The number of fused-ring (bicyclic) bond motifs is 3. The summed E-state index contributed by atoms with van der Waals surface area (Å²) in [6.45, 7) is 5.05. The summed E-state index contributed by atoms with van der Waals surface area (Å²) in [4.78, 5) is 52.9. The minimum absolute atomic E-state index is 0.00301. The average Bonchev–Trinajstić information content (AvgIpc) is 2.77. The van der Waals surface area contributed by atoms with Crippen molar-refractivity contribution in [3.05, 3.63) is 45.9 Å². The molecule has 4 rings (SSSR count). The molecular formula is C26H31N3O8. The van der Waals surface area contributed by atoms with Gasteiger partial charge in [-0.15, -0.1) is 0 Å². The molecule has 0 fully saturated rings. The van der Waals surface area contributed by atoms with Gasteiger partial charge in [0.2, 0.25) is 11.7 Å². The maximum Gasteiger partial charge on any atom is 0.255 e. The Bertz CT molecular complexity index is 1320. The maximum absolute atomic E-state index is 13.7. The first-order valence-corrected chi connectivity index (χ1v) is 11.8. The fraction of sp³-hybridized carbons (Fsp3) is 0.462. The lowest BCUT2D eigenvalue weighted by atomic mass is 9.58. The van der Waals surface area contributed by atoms with E-state index in [-0.39, 0.29) is 29.7 Å². The first-order valence-electron chi connectivity index (χ1n) is 11.8. The van der Waals surface area contributed by atoms with E-state index in [1.165, 1.54) is 11.0 Å². The molecule has 0 radical (unpaired) electrons. The summed E-state index contributed by atoms with van der Waals surface area (Å²) < 4.78 is 0. The summed E-state index contributed by atoms with van der Waals surface area (Å²) in [5, 5.41) is 47.2. The van der Waals surface area contributed by atoms with Crippen molar-refractivity contribution >= 4 is 29.1 Å². The van der Waals surface area contributed by atoms with Gasteiger partial charge in [0.05, 0.1) is 17.3 Å². The molecule has 0 saturated carbocycles. The number of hydrogen-bond acceptors (Lipinski definition) is 9. The summed E-state index contributed by atoms with van der Waals surface area (Å²) >= 11 is 0.